The lowest BCUT2D eigenvalue weighted by atomic mass is 10.4. The Labute approximate surface area is 66.7 Å². The first kappa shape index (κ1) is 7.15. The number of aromatic nitrogens is 3. The molecule has 0 saturated carbocycles. The summed E-state index contributed by atoms with van der Waals surface area (Å²) in [6.07, 6.45) is 0.450. The maximum absolute atomic E-state index is 12.1. The van der Waals surface area contributed by atoms with Gasteiger partial charge in [-0.05, 0) is 6.07 Å². The van der Waals surface area contributed by atoms with Crippen molar-refractivity contribution in [3.05, 3.63) is 30.2 Å². The van der Waals surface area contributed by atoms with Crippen LogP contribution >= 0.6 is 0 Å². The monoisotopic (exact) mass is 169 g/mol. The Hall–Kier alpha value is -1.52. The van der Waals surface area contributed by atoms with E-state index >= 15 is 0 Å². The highest BCUT2D eigenvalue weighted by Crippen LogP contribution is 2.15. The van der Waals surface area contributed by atoms with E-state index in [-0.39, 0.29) is 5.69 Å². The number of alkyl halides is 2. The molecular formula is C7H5F2N3. The molecule has 2 aromatic heterocycles. The molecule has 3 nitrogen and oxygen atoms in total. The van der Waals surface area contributed by atoms with Crippen LogP contribution in [-0.2, 0) is 0 Å². The minimum absolute atomic E-state index is 0.219. The van der Waals surface area contributed by atoms with Crippen LogP contribution in [0, 0.1) is 0 Å². The fourth-order valence-corrected chi connectivity index (χ4v) is 0.949. The summed E-state index contributed by atoms with van der Waals surface area (Å²) in [5, 5.41) is 3.83. The van der Waals surface area contributed by atoms with Crippen LogP contribution in [0.3, 0.4) is 0 Å². The van der Waals surface area contributed by atoms with Gasteiger partial charge in [-0.25, -0.2) is 18.3 Å². The smallest absolute Gasteiger partial charge is 0.228 e. The molecule has 5 heteroatoms. The maximum Gasteiger partial charge on any atom is 0.280 e. The summed E-state index contributed by atoms with van der Waals surface area (Å²) in [5.41, 5.74) is 0.218. The first-order chi connectivity index (χ1) is 5.77. The predicted molar refractivity (Wildman–Crippen MR) is 37.9 cm³/mol. The largest absolute Gasteiger partial charge is 0.280 e. The third-order valence-electron chi connectivity index (χ3n) is 1.50. The standard InChI is InChI=1S/C7H5F2N3/c8-7(9)5-2-4-12-6(11-5)1-3-10-12/h1-4,7H. The number of hydrogen-bond donors (Lipinski definition) is 0. The molecule has 0 radical (unpaired) electrons. The van der Waals surface area contributed by atoms with E-state index in [1.54, 1.807) is 6.07 Å². The molecule has 0 aromatic carbocycles. The van der Waals surface area contributed by atoms with Crippen LogP contribution in [0.15, 0.2) is 24.5 Å². The Morgan fingerprint density at radius 1 is 1.33 bits per heavy atom. The Bertz CT molecular complexity index is 396. The second kappa shape index (κ2) is 2.51. The molecule has 0 aliphatic rings. The first-order valence-electron chi connectivity index (χ1n) is 3.36. The van der Waals surface area contributed by atoms with E-state index in [1.807, 2.05) is 0 Å². The van der Waals surface area contributed by atoms with Crippen molar-refractivity contribution in [3.63, 3.8) is 0 Å². The summed E-state index contributed by atoms with van der Waals surface area (Å²) in [5.74, 6) is 0. The van der Waals surface area contributed by atoms with Crippen molar-refractivity contribution in [2.24, 2.45) is 0 Å². The fourth-order valence-electron chi connectivity index (χ4n) is 0.949. The van der Waals surface area contributed by atoms with Gasteiger partial charge in [-0.2, -0.15) is 5.10 Å². The summed E-state index contributed by atoms with van der Waals surface area (Å²) in [6, 6.07) is 2.83. The first-order valence-corrected chi connectivity index (χ1v) is 3.36. The van der Waals surface area contributed by atoms with Crippen LogP contribution in [0.4, 0.5) is 8.78 Å². The number of nitrogens with zero attached hydrogens (tertiary/aromatic N) is 3. The molecule has 12 heavy (non-hydrogen) atoms. The topological polar surface area (TPSA) is 30.2 Å². The van der Waals surface area contributed by atoms with Gasteiger partial charge < -0.3 is 0 Å². The molecule has 0 N–H and O–H groups in total. The summed E-state index contributed by atoms with van der Waals surface area (Å²) >= 11 is 0. The van der Waals surface area contributed by atoms with Gasteiger partial charge in [0.1, 0.15) is 5.69 Å². The van der Waals surface area contributed by atoms with E-state index in [0.29, 0.717) is 5.65 Å². The average Bonchev–Trinajstić information content (AvgIpc) is 2.49. The van der Waals surface area contributed by atoms with Gasteiger partial charge in [-0.1, -0.05) is 0 Å². The lowest BCUT2D eigenvalue weighted by Crippen LogP contribution is -1.94. The van der Waals surface area contributed by atoms with Crippen LogP contribution in [0.1, 0.15) is 12.1 Å². The van der Waals surface area contributed by atoms with Crippen LogP contribution in [-0.4, -0.2) is 14.6 Å². The van der Waals surface area contributed by atoms with Gasteiger partial charge in [-0.3, -0.25) is 0 Å². The second-order valence-electron chi connectivity index (χ2n) is 2.29. The van der Waals surface area contributed by atoms with Crippen molar-refractivity contribution in [2.75, 3.05) is 0 Å². The van der Waals surface area contributed by atoms with Crippen molar-refractivity contribution in [3.8, 4) is 0 Å². The molecule has 0 saturated heterocycles. The van der Waals surface area contributed by atoms with Gasteiger partial charge in [0.05, 0.1) is 6.20 Å². The lowest BCUT2D eigenvalue weighted by molar-refractivity contribution is 0.146. The molecule has 0 aliphatic heterocycles. The highest BCUT2D eigenvalue weighted by Gasteiger charge is 2.08. The lowest BCUT2D eigenvalue weighted by Gasteiger charge is -1.97. The minimum Gasteiger partial charge on any atom is -0.228 e. The van der Waals surface area contributed by atoms with E-state index in [1.165, 1.54) is 23.0 Å². The van der Waals surface area contributed by atoms with Gasteiger partial charge in [0, 0.05) is 12.3 Å². The number of hydrogen-bond acceptors (Lipinski definition) is 2. The summed E-state index contributed by atoms with van der Waals surface area (Å²) in [6.45, 7) is 0. The van der Waals surface area contributed by atoms with Crippen molar-refractivity contribution >= 4 is 5.65 Å². The van der Waals surface area contributed by atoms with Gasteiger partial charge in [0.2, 0.25) is 0 Å². The van der Waals surface area contributed by atoms with Crippen molar-refractivity contribution < 1.29 is 8.78 Å². The van der Waals surface area contributed by atoms with Crippen molar-refractivity contribution in [2.45, 2.75) is 6.43 Å². The second-order valence-corrected chi connectivity index (χ2v) is 2.29. The van der Waals surface area contributed by atoms with Crippen molar-refractivity contribution in [1.29, 1.82) is 0 Å². The highest BCUT2D eigenvalue weighted by atomic mass is 19.3. The van der Waals surface area contributed by atoms with Crippen LogP contribution in [0.2, 0.25) is 0 Å². The third-order valence-corrected chi connectivity index (χ3v) is 1.50. The third kappa shape index (κ3) is 1.03. The molecule has 62 valence electrons. The maximum atomic E-state index is 12.1. The van der Waals surface area contributed by atoms with E-state index in [0.717, 1.165) is 0 Å². The Morgan fingerprint density at radius 3 is 2.92 bits per heavy atom. The number of halogens is 2. The van der Waals surface area contributed by atoms with Gasteiger partial charge in [0.15, 0.2) is 5.65 Å². The molecule has 2 aromatic rings. The van der Waals surface area contributed by atoms with E-state index in [2.05, 4.69) is 10.1 Å². The van der Waals surface area contributed by atoms with Crippen LogP contribution in [0.5, 0.6) is 0 Å². The average molecular weight is 169 g/mol. The molecule has 0 unspecified atom stereocenters. The highest BCUT2D eigenvalue weighted by molar-refractivity contribution is 5.36. The molecule has 0 bridgehead atoms. The van der Waals surface area contributed by atoms with Gasteiger partial charge >= 0.3 is 0 Å². The quantitative estimate of drug-likeness (QED) is 0.649. The summed E-state index contributed by atoms with van der Waals surface area (Å²) in [7, 11) is 0. The zero-order chi connectivity index (χ0) is 8.55. The molecule has 0 spiro atoms. The molecule has 0 fully saturated rings. The number of rotatable bonds is 1. The SMILES string of the molecule is FC(F)c1ccn2nccc2n1. The molecule has 0 amide bonds. The molecular weight excluding hydrogens is 164 g/mol. The number of fused-ring (bicyclic) bond motifs is 1. The predicted octanol–water partition coefficient (Wildman–Crippen LogP) is 1.67. The normalized spacial score (nSPS) is 11.2. The van der Waals surface area contributed by atoms with Crippen molar-refractivity contribution in [1.82, 2.24) is 14.6 Å². The summed E-state index contributed by atoms with van der Waals surface area (Å²) in [4.78, 5) is 3.69. The Kier molecular flexibility index (Phi) is 1.49. The van der Waals surface area contributed by atoms with E-state index in [9.17, 15) is 8.78 Å². The van der Waals surface area contributed by atoms with Crippen LogP contribution < -0.4 is 0 Å². The fraction of sp³-hybridized carbons (Fsp3) is 0.143. The zero-order valence-electron chi connectivity index (χ0n) is 5.98. The molecule has 2 heterocycles. The Morgan fingerprint density at radius 2 is 2.17 bits per heavy atom. The minimum atomic E-state index is -2.52. The zero-order valence-corrected chi connectivity index (χ0v) is 5.98. The van der Waals surface area contributed by atoms with Crippen LogP contribution in [0.25, 0.3) is 5.65 Å². The molecule has 0 atom stereocenters. The van der Waals surface area contributed by atoms with Gasteiger partial charge in [-0.15, -0.1) is 0 Å². The van der Waals surface area contributed by atoms with E-state index in [4.69, 9.17) is 0 Å². The Balaban J connectivity index is 2.60. The molecule has 2 rings (SSSR count). The summed E-state index contributed by atoms with van der Waals surface area (Å²) < 4.78 is 25.7. The molecule has 0 aliphatic carbocycles. The van der Waals surface area contributed by atoms with E-state index < -0.39 is 6.43 Å². The van der Waals surface area contributed by atoms with Gasteiger partial charge in [0.25, 0.3) is 6.43 Å².